The molecule has 0 saturated heterocycles. The molecule has 0 amide bonds. The first-order chi connectivity index (χ1) is 3.98. The highest BCUT2D eigenvalue weighted by Crippen LogP contribution is 2.17. The van der Waals surface area contributed by atoms with Crippen LogP contribution in [-0.4, -0.2) is 15.9 Å². The summed E-state index contributed by atoms with van der Waals surface area (Å²) in [4.78, 5) is 0. The molecule has 1 atom stereocenters. The van der Waals surface area contributed by atoms with Crippen LogP contribution in [0, 0.1) is 0 Å². The molecular weight excluding hydrogens is 148 g/mol. The topological polar surface area (TPSA) is 43.1 Å². The predicted octanol–water partition coefficient (Wildman–Crippen LogP) is 0.654. The molecule has 0 bridgehead atoms. The van der Waals surface area contributed by atoms with Gasteiger partial charge in [0.2, 0.25) is 0 Å². The Bertz CT molecular complexity index is 117. The highest BCUT2D eigenvalue weighted by atomic mass is 32.2. The summed E-state index contributed by atoms with van der Waals surface area (Å²) in [5, 5.41) is 4.65. The lowest BCUT2D eigenvalue weighted by atomic mass is 10.3. The van der Waals surface area contributed by atoms with E-state index in [0.717, 1.165) is 0 Å². The normalized spacial score (nSPS) is 15.6. The van der Waals surface area contributed by atoms with Gasteiger partial charge in [-0.2, -0.15) is 0 Å². The molecule has 9 heavy (non-hydrogen) atoms. The van der Waals surface area contributed by atoms with Crippen molar-refractivity contribution in [1.82, 2.24) is 0 Å². The zero-order valence-corrected chi connectivity index (χ0v) is 5.88. The Morgan fingerprint density at radius 2 is 2.11 bits per heavy atom. The SMILES string of the molecule is CCC(F)(F)CS(N)=O. The fourth-order valence-electron chi connectivity index (χ4n) is 0.310. The molecule has 0 fully saturated rings. The average Bonchev–Trinajstić information content (AvgIpc) is 1.63. The molecule has 0 aliphatic carbocycles. The second-order valence-electron chi connectivity index (χ2n) is 1.73. The minimum Gasteiger partial charge on any atom is -0.252 e. The first kappa shape index (κ1) is 8.97. The minimum absolute atomic E-state index is 0.310. The van der Waals surface area contributed by atoms with Crippen LogP contribution in [-0.2, 0) is 11.0 Å². The molecule has 0 spiro atoms. The lowest BCUT2D eigenvalue weighted by molar-refractivity contribution is 0.0227. The molecule has 0 aliphatic heterocycles. The maximum atomic E-state index is 12.1. The first-order valence-corrected chi connectivity index (χ1v) is 3.87. The molecule has 1 unspecified atom stereocenters. The lowest BCUT2D eigenvalue weighted by Gasteiger charge is -2.09. The zero-order chi connectivity index (χ0) is 7.49. The number of alkyl halides is 2. The molecule has 0 aromatic carbocycles. The van der Waals surface area contributed by atoms with E-state index in [9.17, 15) is 13.0 Å². The molecule has 5 heteroatoms. The number of halogens is 2. The summed E-state index contributed by atoms with van der Waals surface area (Å²) in [5.41, 5.74) is 0. The summed E-state index contributed by atoms with van der Waals surface area (Å²) in [6.45, 7) is 1.33. The van der Waals surface area contributed by atoms with E-state index in [2.05, 4.69) is 5.14 Å². The second-order valence-corrected chi connectivity index (χ2v) is 2.78. The Morgan fingerprint density at radius 1 is 1.67 bits per heavy atom. The van der Waals surface area contributed by atoms with Crippen molar-refractivity contribution >= 4 is 11.0 Å². The van der Waals surface area contributed by atoms with Crippen LogP contribution in [0.15, 0.2) is 0 Å². The quantitative estimate of drug-likeness (QED) is 0.642. The van der Waals surface area contributed by atoms with Crippen LogP contribution in [0.4, 0.5) is 8.78 Å². The van der Waals surface area contributed by atoms with Gasteiger partial charge in [-0.15, -0.1) is 0 Å². The summed E-state index contributed by atoms with van der Waals surface area (Å²) in [6.07, 6.45) is -0.310. The monoisotopic (exact) mass is 157 g/mol. The highest BCUT2D eigenvalue weighted by molar-refractivity contribution is 7.82. The van der Waals surface area contributed by atoms with Gasteiger partial charge in [0.15, 0.2) is 0 Å². The van der Waals surface area contributed by atoms with Gasteiger partial charge in [-0.25, -0.2) is 13.0 Å². The molecule has 0 aliphatic rings. The van der Waals surface area contributed by atoms with Gasteiger partial charge in [-0.1, -0.05) is 6.92 Å². The molecule has 56 valence electrons. The summed E-state index contributed by atoms with van der Waals surface area (Å²) >= 11 is 0. The van der Waals surface area contributed by atoms with E-state index < -0.39 is 22.7 Å². The molecule has 2 N–H and O–H groups in total. The van der Waals surface area contributed by atoms with Gasteiger partial charge < -0.3 is 0 Å². The Labute approximate surface area is 55.0 Å². The van der Waals surface area contributed by atoms with Crippen molar-refractivity contribution in [3.05, 3.63) is 0 Å². The predicted molar refractivity (Wildman–Crippen MR) is 32.4 cm³/mol. The van der Waals surface area contributed by atoms with Gasteiger partial charge in [-0.3, -0.25) is 5.14 Å². The Morgan fingerprint density at radius 3 is 2.22 bits per heavy atom. The smallest absolute Gasteiger partial charge is 0.252 e. The summed E-state index contributed by atoms with van der Waals surface area (Å²) in [6, 6.07) is 0. The molecule has 0 radical (unpaired) electrons. The van der Waals surface area contributed by atoms with E-state index in [1.165, 1.54) is 6.92 Å². The van der Waals surface area contributed by atoms with Crippen molar-refractivity contribution in [3.63, 3.8) is 0 Å². The van der Waals surface area contributed by atoms with Crippen LogP contribution >= 0.6 is 0 Å². The first-order valence-electron chi connectivity index (χ1n) is 2.48. The van der Waals surface area contributed by atoms with Gasteiger partial charge in [0.1, 0.15) is 5.75 Å². The Hall–Kier alpha value is -0.0300. The molecule has 0 heterocycles. The maximum absolute atomic E-state index is 12.1. The van der Waals surface area contributed by atoms with Crippen molar-refractivity contribution in [2.75, 3.05) is 5.75 Å². The van der Waals surface area contributed by atoms with E-state index in [-0.39, 0.29) is 6.42 Å². The Kier molecular flexibility index (Phi) is 3.21. The van der Waals surface area contributed by atoms with Crippen molar-refractivity contribution in [1.29, 1.82) is 0 Å². The third kappa shape index (κ3) is 4.47. The zero-order valence-electron chi connectivity index (χ0n) is 5.06. The number of nitrogens with two attached hydrogens (primary N) is 1. The van der Waals surface area contributed by atoms with Crippen molar-refractivity contribution < 1.29 is 13.0 Å². The van der Waals surface area contributed by atoms with Crippen LogP contribution < -0.4 is 5.14 Å². The van der Waals surface area contributed by atoms with Gasteiger partial charge in [0.25, 0.3) is 5.92 Å². The summed E-state index contributed by atoms with van der Waals surface area (Å²) < 4.78 is 34.3. The van der Waals surface area contributed by atoms with E-state index in [1.54, 1.807) is 0 Å². The third-order valence-electron chi connectivity index (χ3n) is 0.871. The molecule has 0 aromatic rings. The highest BCUT2D eigenvalue weighted by Gasteiger charge is 2.27. The lowest BCUT2D eigenvalue weighted by Crippen LogP contribution is -2.26. The molecule has 0 saturated carbocycles. The third-order valence-corrected chi connectivity index (χ3v) is 1.58. The minimum atomic E-state index is -2.86. The summed E-state index contributed by atoms with van der Waals surface area (Å²) in [5.74, 6) is -3.59. The number of rotatable bonds is 3. The second kappa shape index (κ2) is 3.22. The maximum Gasteiger partial charge on any atom is 0.260 e. The number of hydrogen-bond donors (Lipinski definition) is 1. The van der Waals surface area contributed by atoms with E-state index in [4.69, 9.17) is 0 Å². The average molecular weight is 157 g/mol. The molecule has 2 nitrogen and oxygen atoms in total. The molecule has 0 aromatic heterocycles. The van der Waals surface area contributed by atoms with Gasteiger partial charge in [0, 0.05) is 6.42 Å². The standard InChI is InChI=1S/C4H9F2NOS/c1-2-4(5,6)3-9(7)8/h2-3,7H2,1H3. The molecular formula is C4H9F2NOS. The fourth-order valence-corrected chi connectivity index (χ4v) is 0.931. The van der Waals surface area contributed by atoms with Crippen LogP contribution in [0.1, 0.15) is 13.3 Å². The molecule has 0 rings (SSSR count). The van der Waals surface area contributed by atoms with E-state index >= 15 is 0 Å². The van der Waals surface area contributed by atoms with Gasteiger partial charge in [0.05, 0.1) is 11.0 Å². The van der Waals surface area contributed by atoms with Crippen LogP contribution in [0.3, 0.4) is 0 Å². The van der Waals surface area contributed by atoms with E-state index in [1.807, 2.05) is 0 Å². The number of hydrogen-bond acceptors (Lipinski definition) is 1. The van der Waals surface area contributed by atoms with Crippen LogP contribution in [0.2, 0.25) is 0 Å². The van der Waals surface area contributed by atoms with Crippen LogP contribution in [0.25, 0.3) is 0 Å². The van der Waals surface area contributed by atoms with Crippen molar-refractivity contribution in [3.8, 4) is 0 Å². The van der Waals surface area contributed by atoms with Crippen molar-refractivity contribution in [2.45, 2.75) is 19.3 Å². The fraction of sp³-hybridized carbons (Fsp3) is 1.00. The van der Waals surface area contributed by atoms with E-state index in [0.29, 0.717) is 0 Å². The Balaban J connectivity index is 3.71. The van der Waals surface area contributed by atoms with Gasteiger partial charge >= 0.3 is 0 Å². The van der Waals surface area contributed by atoms with Gasteiger partial charge in [-0.05, 0) is 0 Å². The van der Waals surface area contributed by atoms with Crippen LogP contribution in [0.5, 0.6) is 0 Å². The largest absolute Gasteiger partial charge is 0.260 e. The van der Waals surface area contributed by atoms with Crippen molar-refractivity contribution in [2.24, 2.45) is 5.14 Å². The summed E-state index contributed by atoms with van der Waals surface area (Å²) in [7, 11) is -1.88.